The summed E-state index contributed by atoms with van der Waals surface area (Å²) in [7, 11) is -7.49. The summed E-state index contributed by atoms with van der Waals surface area (Å²) in [5, 5.41) is 26.9. The Morgan fingerprint density at radius 3 is 1.76 bits per heavy atom. The molecule has 0 spiro atoms. The molecule has 74 heavy (non-hydrogen) atoms. The molecule has 0 radical (unpaired) electrons. The molecule has 9 rings (SSSR count). The average molecular weight is 1200 g/mol. The second-order valence-corrected chi connectivity index (χ2v) is 21.4. The van der Waals surface area contributed by atoms with Crippen LogP contribution in [0.5, 0.6) is 5.75 Å². The second kappa shape index (κ2) is 28.2. The first kappa shape index (κ1) is 59.1. The van der Waals surface area contributed by atoms with Gasteiger partial charge in [0.05, 0.1) is 27.9 Å². The third-order valence-corrected chi connectivity index (χ3v) is 15.3. The van der Waals surface area contributed by atoms with Crippen LogP contribution in [0.4, 0.5) is 18.9 Å². The van der Waals surface area contributed by atoms with E-state index in [0.29, 0.717) is 32.8 Å². The zero-order chi connectivity index (χ0) is 54.0. The Morgan fingerprint density at radius 1 is 0.689 bits per heavy atom. The smallest absolute Gasteiger partial charge is 0.304 e. The summed E-state index contributed by atoms with van der Waals surface area (Å²) in [6.45, 7) is 0.627. The average Bonchev–Trinajstić information content (AvgIpc) is 3.76. The number of nitro benzene ring substituents is 1. The number of aliphatic hydroxyl groups excluding tert-OH is 1. The number of benzene rings is 8. The van der Waals surface area contributed by atoms with Crippen molar-refractivity contribution in [3.05, 3.63) is 213 Å². The Hall–Kier alpha value is -5.80. The monoisotopic (exact) mass is 1190 g/mol. The van der Waals surface area contributed by atoms with E-state index in [1.54, 1.807) is 54.6 Å². The van der Waals surface area contributed by atoms with Crippen LogP contribution in [-0.4, -0.2) is 67.5 Å². The van der Waals surface area contributed by atoms with Crippen molar-refractivity contribution < 1.29 is 44.8 Å². The number of hydrogen-bond acceptors (Lipinski definition) is 10. The first-order chi connectivity index (χ1) is 35.4. The van der Waals surface area contributed by atoms with E-state index >= 15 is 0 Å². The van der Waals surface area contributed by atoms with E-state index in [2.05, 4.69) is 21.0 Å². The number of aromatic nitrogens is 2. The van der Waals surface area contributed by atoms with Crippen LogP contribution in [0.1, 0.15) is 11.1 Å². The van der Waals surface area contributed by atoms with Gasteiger partial charge in [-0.25, -0.2) is 25.6 Å². The SMILES string of the molecule is Clc1cccc(CBr)c1.NCCOc1cc(F)cc2c(S(=O)(=O)c3cccc4ccccc34)nn(Cc3cccc(Cl)c3)c12.O=S(=O)(CCl)c1cccc2ccccc12.O=[N+]([O-])c1ccc(F)cc1F.OCCCl. The fourth-order valence-electron chi connectivity index (χ4n) is 6.93. The maximum atomic E-state index is 14.7. The molecule has 12 nitrogen and oxygen atoms in total. The fourth-order valence-corrected chi connectivity index (χ4v) is 10.6. The van der Waals surface area contributed by atoms with Gasteiger partial charge in [-0.3, -0.25) is 14.8 Å². The molecule has 22 heteroatoms. The van der Waals surface area contributed by atoms with Gasteiger partial charge in [0.25, 0.3) is 0 Å². The molecular weight excluding hydrogens is 1150 g/mol. The molecule has 8 aromatic carbocycles. The van der Waals surface area contributed by atoms with Crippen LogP contribution in [0.15, 0.2) is 179 Å². The number of fused-ring (bicyclic) bond motifs is 3. The number of sulfone groups is 2. The summed E-state index contributed by atoms with van der Waals surface area (Å²) >= 11 is 25.6. The highest BCUT2D eigenvalue weighted by Crippen LogP contribution is 2.37. The van der Waals surface area contributed by atoms with E-state index in [1.165, 1.54) is 28.4 Å². The van der Waals surface area contributed by atoms with Crippen molar-refractivity contribution in [3.8, 4) is 5.75 Å². The van der Waals surface area contributed by atoms with Gasteiger partial charge in [0, 0.05) is 62.2 Å². The first-order valence-electron chi connectivity index (χ1n) is 21.7. The van der Waals surface area contributed by atoms with E-state index in [9.17, 15) is 40.1 Å². The first-order valence-corrected chi connectivity index (χ1v) is 27.8. The standard InChI is InChI=1S/C26H21ClFN3O3S.C11H9ClO2S.C7H6BrCl.C6H3F2NO2.C2H5ClO/c27-19-8-3-5-17(13-19)16-31-25-22(14-20(28)15-23(25)34-12-11-29)26(30-31)35(32,33)24-10-4-7-18-6-1-2-9-21(18)24;12-8-15(13,14)11-7-3-5-9-4-1-2-6-10(9)11;8-5-6-2-1-3-7(9)4-6;7-4-1-2-6(9(10)11)5(8)3-4;3-1-2-4/h1-10,13-15H,11-12,16,29H2;1-7H,8H2;1-4H,5H2;1-3H;4H,1-2H2. The summed E-state index contributed by atoms with van der Waals surface area (Å²) in [6.07, 6.45) is 0. The lowest BCUT2D eigenvalue weighted by Crippen LogP contribution is -2.12. The van der Waals surface area contributed by atoms with Gasteiger partial charge in [-0.05, 0) is 70.4 Å². The minimum absolute atomic E-state index is 0.0849. The molecule has 0 fully saturated rings. The summed E-state index contributed by atoms with van der Waals surface area (Å²) in [6, 6.07) is 44.2. The molecule has 0 saturated heterocycles. The summed E-state index contributed by atoms with van der Waals surface area (Å²) in [4.78, 5) is 9.47. The quantitative estimate of drug-likeness (QED) is 0.0678. The molecule has 0 bridgehead atoms. The molecule has 1 heterocycles. The third kappa shape index (κ3) is 15.9. The van der Waals surface area contributed by atoms with Crippen LogP contribution in [0, 0.1) is 27.6 Å². The number of nitro groups is 1. The minimum atomic E-state index is -4.13. The number of halogens is 8. The van der Waals surface area contributed by atoms with E-state index in [-0.39, 0.29) is 52.6 Å². The number of rotatable bonds is 12. The lowest BCUT2D eigenvalue weighted by atomic mass is 10.1. The number of alkyl halides is 3. The number of nitrogens with zero attached hydrogens (tertiary/aromatic N) is 3. The van der Waals surface area contributed by atoms with Crippen LogP contribution >= 0.6 is 62.3 Å². The van der Waals surface area contributed by atoms with Gasteiger partial charge >= 0.3 is 5.69 Å². The van der Waals surface area contributed by atoms with Gasteiger partial charge in [-0.15, -0.1) is 23.2 Å². The highest BCUT2D eigenvalue weighted by molar-refractivity contribution is 9.08. The van der Waals surface area contributed by atoms with Gasteiger partial charge in [0.2, 0.25) is 15.7 Å². The van der Waals surface area contributed by atoms with Crippen LogP contribution in [-0.2, 0) is 31.5 Å². The molecule has 3 N–H and O–H groups in total. The molecule has 0 unspecified atom stereocenters. The normalized spacial score (nSPS) is 11.0. The van der Waals surface area contributed by atoms with Crippen molar-refractivity contribution in [2.24, 2.45) is 5.73 Å². The molecule has 0 aliphatic rings. The molecule has 0 aliphatic carbocycles. The molecule has 0 amide bonds. The predicted molar refractivity (Wildman–Crippen MR) is 291 cm³/mol. The predicted octanol–water partition coefficient (Wildman–Crippen LogP) is 13.3. The van der Waals surface area contributed by atoms with Crippen molar-refractivity contribution in [3.63, 3.8) is 0 Å². The Morgan fingerprint density at radius 2 is 1.23 bits per heavy atom. The Balaban J connectivity index is 0.000000212. The van der Waals surface area contributed by atoms with E-state index < -0.39 is 47.7 Å². The Labute approximate surface area is 453 Å². The van der Waals surface area contributed by atoms with Crippen molar-refractivity contribution in [2.45, 2.75) is 26.7 Å². The summed E-state index contributed by atoms with van der Waals surface area (Å²) in [5.41, 5.74) is 7.24. The molecule has 9 aromatic rings. The Bertz CT molecular complexity index is 3590. The van der Waals surface area contributed by atoms with Crippen molar-refractivity contribution in [2.75, 3.05) is 30.9 Å². The van der Waals surface area contributed by atoms with E-state index in [1.807, 2.05) is 72.8 Å². The van der Waals surface area contributed by atoms with E-state index in [4.69, 9.17) is 62.0 Å². The number of aliphatic hydroxyl groups is 1. The van der Waals surface area contributed by atoms with Gasteiger partial charge in [-0.2, -0.15) is 9.49 Å². The fraction of sp³-hybridized carbons (Fsp3) is 0.135. The molecular formula is C52H44BrCl4F3N4O8S2. The van der Waals surface area contributed by atoms with Crippen molar-refractivity contribution in [1.82, 2.24) is 9.78 Å². The van der Waals surface area contributed by atoms with Crippen molar-refractivity contribution in [1.29, 1.82) is 0 Å². The topological polar surface area (TPSA) is 185 Å². The molecule has 0 atom stereocenters. The maximum absolute atomic E-state index is 14.7. The highest BCUT2D eigenvalue weighted by atomic mass is 79.9. The lowest BCUT2D eigenvalue weighted by molar-refractivity contribution is -0.387. The lowest BCUT2D eigenvalue weighted by Gasteiger charge is -2.10. The highest BCUT2D eigenvalue weighted by Gasteiger charge is 2.29. The van der Waals surface area contributed by atoms with Crippen LogP contribution in [0.25, 0.3) is 32.4 Å². The summed E-state index contributed by atoms with van der Waals surface area (Å²) in [5.74, 6) is -2.11. The zero-order valence-corrected chi connectivity index (χ0v) is 44.8. The third-order valence-electron chi connectivity index (χ3n) is 10.1. The summed E-state index contributed by atoms with van der Waals surface area (Å²) < 4.78 is 97.7. The number of ether oxygens (including phenoxy) is 1. The number of hydrogen-bond donors (Lipinski definition) is 2. The Kier molecular flexibility index (Phi) is 22.5. The minimum Gasteiger partial charge on any atom is -0.490 e. The van der Waals surface area contributed by atoms with Crippen LogP contribution in [0.3, 0.4) is 0 Å². The molecule has 388 valence electrons. The molecule has 1 aromatic heterocycles. The van der Waals surface area contributed by atoms with E-state index in [0.717, 1.165) is 44.2 Å². The van der Waals surface area contributed by atoms with Gasteiger partial charge in [0.1, 0.15) is 34.7 Å². The second-order valence-electron chi connectivity index (χ2n) is 15.2. The molecule has 0 saturated carbocycles. The van der Waals surface area contributed by atoms with Crippen LogP contribution in [0.2, 0.25) is 10.0 Å². The zero-order valence-electron chi connectivity index (χ0n) is 38.6. The largest absolute Gasteiger partial charge is 0.490 e. The van der Waals surface area contributed by atoms with Gasteiger partial charge in [0.15, 0.2) is 14.9 Å². The molecule has 0 aliphatic heterocycles. The maximum Gasteiger partial charge on any atom is 0.304 e. The van der Waals surface area contributed by atoms with Crippen molar-refractivity contribution >= 4 is 120 Å². The van der Waals surface area contributed by atoms with Gasteiger partial charge < -0.3 is 15.6 Å². The van der Waals surface area contributed by atoms with Gasteiger partial charge in [-0.1, -0.05) is 136 Å². The number of nitrogens with two attached hydrogens (primary N) is 1. The van der Waals surface area contributed by atoms with Crippen LogP contribution < -0.4 is 10.5 Å².